The third-order valence-corrected chi connectivity index (χ3v) is 5.07. The van der Waals surface area contributed by atoms with E-state index in [1.165, 1.54) is 23.4 Å². The second-order valence-electron chi connectivity index (χ2n) is 4.80. The number of Topliss-reactive ketones (excluding diaryl/α,β-unsaturated/α-hetero) is 1. The number of sulfonamides is 1. The SMILES string of the molecule is CC(=O)c1cccc(S(=O)(=O)N2CCN[C@H](C)C2)c1. The van der Waals surface area contributed by atoms with Crippen LogP contribution in [0.4, 0.5) is 0 Å². The molecule has 0 aliphatic carbocycles. The van der Waals surface area contributed by atoms with Crippen LogP contribution in [0.15, 0.2) is 29.2 Å². The molecule has 0 unspecified atom stereocenters. The Labute approximate surface area is 113 Å². The normalized spacial score (nSPS) is 21.3. The van der Waals surface area contributed by atoms with E-state index in [1.807, 2.05) is 6.92 Å². The maximum atomic E-state index is 12.5. The number of benzene rings is 1. The van der Waals surface area contributed by atoms with Gasteiger partial charge >= 0.3 is 0 Å². The van der Waals surface area contributed by atoms with Crippen molar-refractivity contribution < 1.29 is 13.2 Å². The van der Waals surface area contributed by atoms with Gasteiger partial charge in [0.15, 0.2) is 5.78 Å². The van der Waals surface area contributed by atoms with Gasteiger partial charge in [-0.3, -0.25) is 4.79 Å². The number of piperazine rings is 1. The highest BCUT2D eigenvalue weighted by Crippen LogP contribution is 2.18. The molecule has 0 radical (unpaired) electrons. The van der Waals surface area contributed by atoms with Gasteiger partial charge < -0.3 is 5.32 Å². The highest BCUT2D eigenvalue weighted by Gasteiger charge is 2.28. The summed E-state index contributed by atoms with van der Waals surface area (Å²) >= 11 is 0. The van der Waals surface area contributed by atoms with Crippen molar-refractivity contribution in [3.63, 3.8) is 0 Å². The molecular formula is C13H18N2O3S. The molecule has 0 amide bonds. The van der Waals surface area contributed by atoms with E-state index in [0.29, 0.717) is 25.2 Å². The smallest absolute Gasteiger partial charge is 0.243 e. The highest BCUT2D eigenvalue weighted by molar-refractivity contribution is 7.89. The summed E-state index contributed by atoms with van der Waals surface area (Å²) in [7, 11) is -3.51. The molecule has 1 heterocycles. The average Bonchev–Trinajstić information content (AvgIpc) is 2.39. The molecule has 0 aromatic heterocycles. The molecule has 2 rings (SSSR count). The number of nitrogens with zero attached hydrogens (tertiary/aromatic N) is 1. The van der Waals surface area contributed by atoms with Gasteiger partial charge in [0.05, 0.1) is 4.90 Å². The highest BCUT2D eigenvalue weighted by atomic mass is 32.2. The lowest BCUT2D eigenvalue weighted by Gasteiger charge is -2.31. The van der Waals surface area contributed by atoms with Gasteiger partial charge in [-0.25, -0.2) is 8.42 Å². The predicted octanol–water partition coefficient (Wildman–Crippen LogP) is 0.872. The van der Waals surface area contributed by atoms with Gasteiger partial charge in [-0.1, -0.05) is 12.1 Å². The van der Waals surface area contributed by atoms with Gasteiger partial charge in [0, 0.05) is 31.2 Å². The first-order valence-corrected chi connectivity index (χ1v) is 7.70. The zero-order valence-electron chi connectivity index (χ0n) is 11.1. The van der Waals surface area contributed by atoms with E-state index in [0.717, 1.165) is 0 Å². The molecule has 1 N–H and O–H groups in total. The molecular weight excluding hydrogens is 264 g/mol. The lowest BCUT2D eigenvalue weighted by molar-refractivity contribution is 0.101. The minimum absolute atomic E-state index is 0.134. The van der Waals surface area contributed by atoms with Crippen LogP contribution in [0.2, 0.25) is 0 Å². The van der Waals surface area contributed by atoms with Crippen molar-refractivity contribution in [3.05, 3.63) is 29.8 Å². The maximum Gasteiger partial charge on any atom is 0.243 e. The maximum absolute atomic E-state index is 12.5. The van der Waals surface area contributed by atoms with Gasteiger partial charge in [0.1, 0.15) is 0 Å². The van der Waals surface area contributed by atoms with Crippen molar-refractivity contribution in [1.29, 1.82) is 0 Å². The van der Waals surface area contributed by atoms with Crippen LogP contribution in [-0.4, -0.2) is 44.2 Å². The van der Waals surface area contributed by atoms with Crippen molar-refractivity contribution >= 4 is 15.8 Å². The molecule has 1 aliphatic heterocycles. The largest absolute Gasteiger partial charge is 0.312 e. The van der Waals surface area contributed by atoms with Crippen molar-refractivity contribution in [2.24, 2.45) is 0 Å². The van der Waals surface area contributed by atoms with Crippen LogP contribution in [0.25, 0.3) is 0 Å². The van der Waals surface area contributed by atoms with Gasteiger partial charge in [0.25, 0.3) is 0 Å². The van der Waals surface area contributed by atoms with E-state index >= 15 is 0 Å². The number of rotatable bonds is 3. The van der Waals surface area contributed by atoms with E-state index in [-0.39, 0.29) is 16.7 Å². The molecule has 6 heteroatoms. The average molecular weight is 282 g/mol. The third kappa shape index (κ3) is 3.02. The minimum Gasteiger partial charge on any atom is -0.312 e. The van der Waals surface area contributed by atoms with E-state index in [1.54, 1.807) is 12.1 Å². The predicted molar refractivity (Wildman–Crippen MR) is 72.7 cm³/mol. The van der Waals surface area contributed by atoms with Crippen molar-refractivity contribution in [2.45, 2.75) is 24.8 Å². The quantitative estimate of drug-likeness (QED) is 0.836. The Morgan fingerprint density at radius 2 is 2.16 bits per heavy atom. The summed E-state index contributed by atoms with van der Waals surface area (Å²) in [6.07, 6.45) is 0. The molecule has 1 aromatic carbocycles. The fraction of sp³-hybridized carbons (Fsp3) is 0.462. The molecule has 1 saturated heterocycles. The summed E-state index contributed by atoms with van der Waals surface area (Å²) in [5.41, 5.74) is 0.421. The molecule has 1 aliphatic rings. The molecule has 0 bridgehead atoms. The Kier molecular flexibility index (Phi) is 4.03. The Balaban J connectivity index is 2.33. The topological polar surface area (TPSA) is 66.5 Å². The minimum atomic E-state index is -3.51. The van der Waals surface area contributed by atoms with Crippen LogP contribution >= 0.6 is 0 Å². The van der Waals surface area contributed by atoms with Crippen LogP contribution in [0, 0.1) is 0 Å². The second-order valence-corrected chi connectivity index (χ2v) is 6.74. The zero-order chi connectivity index (χ0) is 14.0. The molecule has 0 spiro atoms. The third-order valence-electron chi connectivity index (χ3n) is 3.21. The van der Waals surface area contributed by atoms with Gasteiger partial charge in [0.2, 0.25) is 10.0 Å². The molecule has 0 saturated carbocycles. The lowest BCUT2D eigenvalue weighted by Crippen LogP contribution is -2.51. The monoisotopic (exact) mass is 282 g/mol. The number of carbonyl (C=O) groups excluding carboxylic acids is 1. The van der Waals surface area contributed by atoms with Crippen molar-refractivity contribution in [3.8, 4) is 0 Å². The Morgan fingerprint density at radius 3 is 2.79 bits per heavy atom. The standard InChI is InChI=1S/C13H18N2O3S/c1-10-9-15(7-6-14-10)19(17,18)13-5-3-4-12(8-13)11(2)16/h3-5,8,10,14H,6-7,9H2,1-2H3/t10-/m1/s1. The van der Waals surface area contributed by atoms with Crippen LogP contribution in [0.3, 0.4) is 0 Å². The zero-order valence-corrected chi connectivity index (χ0v) is 11.9. The Bertz CT molecular complexity index is 583. The molecule has 1 atom stereocenters. The summed E-state index contributed by atoms with van der Waals surface area (Å²) in [6.45, 7) is 4.93. The molecule has 5 nitrogen and oxygen atoms in total. The summed E-state index contributed by atoms with van der Waals surface area (Å²) in [6, 6.07) is 6.36. The number of hydrogen-bond acceptors (Lipinski definition) is 4. The van der Waals surface area contributed by atoms with E-state index in [2.05, 4.69) is 5.32 Å². The fourth-order valence-electron chi connectivity index (χ4n) is 2.14. The second kappa shape index (κ2) is 5.40. The van der Waals surface area contributed by atoms with Crippen LogP contribution in [0.5, 0.6) is 0 Å². The first-order chi connectivity index (χ1) is 8.91. The number of ketones is 1. The number of nitrogens with one attached hydrogen (secondary N) is 1. The van der Waals surface area contributed by atoms with Gasteiger partial charge in [-0.15, -0.1) is 0 Å². The molecule has 104 valence electrons. The molecule has 19 heavy (non-hydrogen) atoms. The summed E-state index contributed by atoms with van der Waals surface area (Å²) < 4.78 is 26.5. The first kappa shape index (κ1) is 14.2. The van der Waals surface area contributed by atoms with Crippen molar-refractivity contribution in [2.75, 3.05) is 19.6 Å². The Morgan fingerprint density at radius 1 is 1.42 bits per heavy atom. The van der Waals surface area contributed by atoms with Crippen LogP contribution in [0.1, 0.15) is 24.2 Å². The summed E-state index contributed by atoms with van der Waals surface area (Å²) in [5.74, 6) is -0.134. The summed E-state index contributed by atoms with van der Waals surface area (Å²) in [5, 5.41) is 3.20. The first-order valence-electron chi connectivity index (χ1n) is 6.26. The van der Waals surface area contributed by atoms with Gasteiger partial charge in [-0.05, 0) is 26.0 Å². The van der Waals surface area contributed by atoms with Crippen LogP contribution in [-0.2, 0) is 10.0 Å². The Hall–Kier alpha value is -1.24. The van der Waals surface area contributed by atoms with Gasteiger partial charge in [-0.2, -0.15) is 4.31 Å². The van der Waals surface area contributed by atoms with E-state index in [9.17, 15) is 13.2 Å². The summed E-state index contributed by atoms with van der Waals surface area (Å²) in [4.78, 5) is 11.5. The van der Waals surface area contributed by atoms with Crippen molar-refractivity contribution in [1.82, 2.24) is 9.62 Å². The molecule has 1 aromatic rings. The fourth-order valence-corrected chi connectivity index (χ4v) is 3.72. The van der Waals surface area contributed by atoms with Crippen LogP contribution < -0.4 is 5.32 Å². The molecule has 1 fully saturated rings. The number of hydrogen-bond donors (Lipinski definition) is 1. The lowest BCUT2D eigenvalue weighted by atomic mass is 10.2. The number of carbonyl (C=O) groups is 1. The van der Waals surface area contributed by atoms with E-state index < -0.39 is 10.0 Å². The van der Waals surface area contributed by atoms with E-state index in [4.69, 9.17) is 0 Å².